The summed E-state index contributed by atoms with van der Waals surface area (Å²) in [5.74, 6) is -1.57. The van der Waals surface area contributed by atoms with E-state index in [1.165, 1.54) is 22.7 Å². The Bertz CT molecular complexity index is 2170. The minimum atomic E-state index is -1.28. The van der Waals surface area contributed by atoms with Crippen LogP contribution in [0, 0.1) is 41.1 Å². The third kappa shape index (κ3) is 8.52. The second-order valence-electron chi connectivity index (χ2n) is 17.6. The number of carbonyl (C=O) groups is 4. The van der Waals surface area contributed by atoms with Crippen LogP contribution in [-0.4, -0.2) is 81.2 Å². The Morgan fingerprint density at radius 1 is 1.12 bits per heavy atom. The highest BCUT2D eigenvalue weighted by Gasteiger charge is 2.61. The molecular weight excluding hydrogens is 782 g/mol. The van der Waals surface area contributed by atoms with Crippen molar-refractivity contribution >= 4 is 62.6 Å². The third-order valence-electron chi connectivity index (χ3n) is 12.1. The number of nitrogens with one attached hydrogen (secondary N) is 1. The molecule has 2 N–H and O–H groups in total. The molecule has 0 bridgehead atoms. The van der Waals surface area contributed by atoms with Crippen LogP contribution in [0.2, 0.25) is 5.02 Å². The molecule has 1 saturated heterocycles. The lowest BCUT2D eigenvalue weighted by Crippen LogP contribution is -2.48. The third-order valence-corrected chi connectivity index (χ3v) is 13.2. The number of hydrogen-bond donors (Lipinski definition) is 2. The topological polar surface area (TPSA) is 162 Å². The van der Waals surface area contributed by atoms with Gasteiger partial charge in [-0.1, -0.05) is 38.4 Å². The first-order valence-corrected chi connectivity index (χ1v) is 21.1. The Hall–Kier alpha value is -4.74. The lowest BCUT2D eigenvalue weighted by molar-refractivity contribution is -0.157. The van der Waals surface area contributed by atoms with Crippen LogP contribution in [0.3, 0.4) is 0 Å². The van der Waals surface area contributed by atoms with E-state index in [4.69, 9.17) is 42.4 Å². The second kappa shape index (κ2) is 16.1. The van der Waals surface area contributed by atoms with E-state index >= 15 is 0 Å². The number of esters is 1. The maximum atomic E-state index is 14.8. The van der Waals surface area contributed by atoms with Gasteiger partial charge >= 0.3 is 18.7 Å². The Labute approximate surface area is 347 Å². The largest absolute Gasteiger partial charge is 0.488 e. The van der Waals surface area contributed by atoms with Crippen LogP contribution < -0.4 is 14.8 Å². The van der Waals surface area contributed by atoms with Crippen molar-refractivity contribution in [3.8, 4) is 22.9 Å². The summed E-state index contributed by atoms with van der Waals surface area (Å²) in [6, 6.07) is 4.25. The van der Waals surface area contributed by atoms with Crippen LogP contribution in [0.4, 0.5) is 5.13 Å². The number of halogens is 1. The molecule has 8 atom stereocenters. The molecule has 58 heavy (non-hydrogen) atoms. The van der Waals surface area contributed by atoms with Crippen LogP contribution in [-0.2, 0) is 23.9 Å². The number of pyridine rings is 1. The van der Waals surface area contributed by atoms with Crippen molar-refractivity contribution in [2.45, 2.75) is 104 Å². The van der Waals surface area contributed by atoms with Gasteiger partial charge in [-0.25, -0.2) is 16.5 Å². The Kier molecular flexibility index (Phi) is 11.5. The van der Waals surface area contributed by atoms with Gasteiger partial charge in [-0.15, -0.1) is 17.9 Å². The number of rotatable bonds is 16. The molecular formula is C43H50ClN5O8S. The summed E-state index contributed by atoms with van der Waals surface area (Å²) in [6.45, 7) is 20.4. The summed E-state index contributed by atoms with van der Waals surface area (Å²) in [6.07, 6.45) is 3.57. The van der Waals surface area contributed by atoms with Gasteiger partial charge in [0.05, 0.1) is 41.6 Å². The molecule has 0 spiro atoms. The number of benzene rings is 1. The lowest BCUT2D eigenvalue weighted by Gasteiger charge is -2.35. The van der Waals surface area contributed by atoms with Crippen molar-refractivity contribution in [2.24, 2.45) is 34.5 Å². The fraction of sp³-hybridized carbons (Fsp3) is 0.558. The number of likely N-dealkylation sites (tertiary alicyclic amines) is 1. The van der Waals surface area contributed by atoms with Gasteiger partial charge in [0, 0.05) is 35.7 Å². The summed E-state index contributed by atoms with van der Waals surface area (Å²) in [5.41, 5.74) is -0.589. The molecule has 4 fully saturated rings. The monoisotopic (exact) mass is 831 g/mol. The summed E-state index contributed by atoms with van der Waals surface area (Å²) in [5, 5.41) is 16.8. The number of ether oxygens (including phenoxy) is 3. The normalized spacial score (nSPS) is 26.4. The highest BCUT2D eigenvalue weighted by atomic mass is 35.5. The molecule has 1 amide bonds. The zero-order valence-corrected chi connectivity index (χ0v) is 35.0. The predicted octanol–water partition coefficient (Wildman–Crippen LogP) is 8.07. The molecule has 3 aromatic rings. The first-order chi connectivity index (χ1) is 27.5. The smallest absolute Gasteiger partial charge is 0.357 e. The van der Waals surface area contributed by atoms with E-state index in [9.17, 15) is 24.3 Å². The quantitative estimate of drug-likeness (QED) is 0.0816. The van der Waals surface area contributed by atoms with Gasteiger partial charge in [0.15, 0.2) is 10.9 Å². The van der Waals surface area contributed by atoms with Crippen molar-refractivity contribution in [2.75, 3.05) is 18.6 Å². The number of hydrogen-bond acceptors (Lipinski definition) is 11. The number of ketones is 1. The SMILES string of the molecule is [C-]#[N+]COc1ccc2c(O[C@@H]3C[C@@H](C(=O)C[C@]4(C(=O)O)C[C@H]4C=C)N(C(=O)[C@@H](CC(=O)OC4C[C@@H]5C[C@@H]5C4)C(C)(C)C)C3)cc(-c3csc(NC(C)C)n3)nc2c1Cl. The number of aromatic nitrogens is 2. The van der Waals surface area contributed by atoms with Crippen molar-refractivity contribution in [1.29, 1.82) is 0 Å². The highest BCUT2D eigenvalue weighted by Crippen LogP contribution is 2.57. The van der Waals surface area contributed by atoms with Crippen molar-refractivity contribution in [3.05, 3.63) is 52.7 Å². The van der Waals surface area contributed by atoms with Crippen LogP contribution in [0.5, 0.6) is 11.5 Å². The highest BCUT2D eigenvalue weighted by molar-refractivity contribution is 7.14. The number of carbonyl (C=O) groups excluding carboxylic acids is 3. The zero-order chi connectivity index (χ0) is 41.7. The minimum Gasteiger partial charge on any atom is -0.488 e. The zero-order valence-electron chi connectivity index (χ0n) is 33.5. The Balaban J connectivity index is 1.21. The van der Waals surface area contributed by atoms with Gasteiger partial charge in [-0.2, -0.15) is 0 Å². The lowest BCUT2D eigenvalue weighted by atomic mass is 9.77. The van der Waals surface area contributed by atoms with Crippen molar-refractivity contribution in [3.63, 3.8) is 0 Å². The van der Waals surface area contributed by atoms with E-state index in [1.54, 1.807) is 24.3 Å². The van der Waals surface area contributed by atoms with Gasteiger partial charge in [0.1, 0.15) is 34.4 Å². The van der Waals surface area contributed by atoms with Crippen LogP contribution in [0.1, 0.15) is 79.6 Å². The summed E-state index contributed by atoms with van der Waals surface area (Å²) in [4.78, 5) is 69.3. The van der Waals surface area contributed by atoms with E-state index in [0.717, 1.165) is 12.8 Å². The number of carboxylic acids is 1. The number of carboxylic acid groups (broad SMARTS) is 1. The second-order valence-corrected chi connectivity index (χ2v) is 18.9. The average molecular weight is 832 g/mol. The number of fused-ring (bicyclic) bond motifs is 2. The fourth-order valence-electron chi connectivity index (χ4n) is 8.68. The Morgan fingerprint density at radius 3 is 2.50 bits per heavy atom. The maximum absolute atomic E-state index is 14.8. The molecule has 1 aliphatic heterocycles. The minimum absolute atomic E-state index is 0.00600. The van der Waals surface area contributed by atoms with Crippen LogP contribution >= 0.6 is 22.9 Å². The van der Waals surface area contributed by atoms with Gasteiger partial charge < -0.3 is 29.5 Å². The standard InChI is InChI=1S/C43H50ClN5O8S/c1-8-25-17-43(25,40(53)54)18-33(50)32-14-27(19-49(32)39(52)29(42(4,5)6)15-36(51)57-26-12-23-11-24(23)13-26)56-35-16-30(31-20-58-41(48-31)46-22(2)3)47-38-28(35)9-10-34(37(38)44)55-21-45-7/h8-10,16,20,22-27,29,32H,1,11-15,17-19,21H2,2-6H3,(H,46,48)(H,53,54)/t23-,24+,25-,26?,27-,29-,32+,43-/m1/s1. The van der Waals surface area contributed by atoms with Crippen molar-refractivity contribution in [1.82, 2.24) is 14.9 Å². The molecule has 2 aromatic heterocycles. The van der Waals surface area contributed by atoms with Crippen molar-refractivity contribution < 1.29 is 38.5 Å². The van der Waals surface area contributed by atoms with E-state index < -0.39 is 40.8 Å². The van der Waals surface area contributed by atoms with Gasteiger partial charge in [-0.05, 0) is 74.8 Å². The molecule has 4 aliphatic rings. The maximum Gasteiger partial charge on any atom is 0.357 e. The van der Waals surface area contributed by atoms with E-state index in [1.807, 2.05) is 40.0 Å². The van der Waals surface area contributed by atoms with Gasteiger partial charge in [-0.3, -0.25) is 24.0 Å². The van der Waals surface area contributed by atoms with E-state index in [-0.39, 0.29) is 79.5 Å². The molecule has 1 unspecified atom stereocenters. The van der Waals surface area contributed by atoms with Gasteiger partial charge in [0.25, 0.3) is 0 Å². The molecule has 3 saturated carbocycles. The molecule has 13 nitrogen and oxygen atoms in total. The first-order valence-electron chi connectivity index (χ1n) is 19.9. The molecule has 15 heteroatoms. The number of thiazole rings is 1. The molecule has 308 valence electrons. The number of allylic oxidation sites excluding steroid dienone is 1. The van der Waals surface area contributed by atoms with E-state index in [2.05, 4.69) is 16.7 Å². The molecule has 3 heterocycles. The molecule has 7 rings (SSSR count). The predicted molar refractivity (Wildman–Crippen MR) is 220 cm³/mol. The number of Topliss-reactive ketones (excluding diaryl/α,β-unsaturated/α-hetero) is 1. The fourth-order valence-corrected chi connectivity index (χ4v) is 9.80. The molecule has 1 aromatic carbocycles. The first kappa shape index (κ1) is 41.4. The van der Waals surface area contributed by atoms with Gasteiger partial charge in [0.2, 0.25) is 5.91 Å². The Morgan fingerprint density at radius 2 is 1.86 bits per heavy atom. The summed E-state index contributed by atoms with van der Waals surface area (Å²) >= 11 is 8.28. The number of aliphatic carboxylic acids is 1. The molecule has 0 radical (unpaired) electrons. The summed E-state index contributed by atoms with van der Waals surface area (Å²) < 4.78 is 18.2. The number of nitrogens with zero attached hydrogens (tertiary/aromatic N) is 4. The summed E-state index contributed by atoms with van der Waals surface area (Å²) in [7, 11) is 0. The molecule has 3 aliphatic carbocycles. The van der Waals surface area contributed by atoms with Crippen LogP contribution in [0.15, 0.2) is 36.2 Å². The van der Waals surface area contributed by atoms with E-state index in [0.29, 0.717) is 45.0 Å². The van der Waals surface area contributed by atoms with Crippen LogP contribution in [0.25, 0.3) is 27.1 Å². The number of anilines is 1. The average Bonchev–Trinajstić information content (AvgIpc) is 3.83. The number of amides is 1.